The molecule has 1 heterocycles. The van der Waals surface area contributed by atoms with Crippen LogP contribution in [0.15, 0.2) is 28.4 Å². The summed E-state index contributed by atoms with van der Waals surface area (Å²) in [5, 5.41) is 10.2. The van der Waals surface area contributed by atoms with Crippen LogP contribution in [0.25, 0.3) is 0 Å². The monoisotopic (exact) mass is 301 g/mol. The number of amidine groups is 1. The van der Waals surface area contributed by atoms with Gasteiger partial charge >= 0.3 is 6.18 Å². The van der Waals surface area contributed by atoms with E-state index in [1.165, 1.54) is 37.0 Å². The summed E-state index contributed by atoms with van der Waals surface area (Å²) in [7, 11) is 0. The van der Waals surface area contributed by atoms with Gasteiger partial charge in [0.25, 0.3) is 0 Å². The van der Waals surface area contributed by atoms with Gasteiger partial charge in [-0.2, -0.15) is 18.3 Å². The molecule has 106 valence electrons. The smallest absolute Gasteiger partial charge is 0.303 e. The summed E-state index contributed by atoms with van der Waals surface area (Å²) in [6.07, 6.45) is -3.18. The molecule has 8 heteroatoms. The summed E-state index contributed by atoms with van der Waals surface area (Å²) < 4.78 is 38.2. The zero-order chi connectivity index (χ0) is 14.8. The molecule has 0 aliphatic carbocycles. The number of amides is 1. The van der Waals surface area contributed by atoms with E-state index in [1.54, 1.807) is 0 Å². The molecular weight excluding hydrogens is 291 g/mol. The average molecular weight is 301 g/mol. The Kier molecular flexibility index (Phi) is 4.12. The number of benzene rings is 1. The van der Waals surface area contributed by atoms with Gasteiger partial charge in [-0.1, -0.05) is 23.9 Å². The quantitative estimate of drug-likeness (QED) is 0.674. The van der Waals surface area contributed by atoms with Crippen LogP contribution in [0.3, 0.4) is 0 Å². The van der Waals surface area contributed by atoms with Crippen molar-refractivity contribution >= 4 is 29.1 Å². The first kappa shape index (κ1) is 14.6. The molecule has 0 radical (unpaired) electrons. The minimum atomic E-state index is -4.39. The van der Waals surface area contributed by atoms with E-state index in [2.05, 4.69) is 15.5 Å². The maximum absolute atomic E-state index is 12.7. The van der Waals surface area contributed by atoms with Crippen LogP contribution in [0.1, 0.15) is 16.7 Å². The molecule has 4 nitrogen and oxygen atoms in total. The molecule has 1 aliphatic rings. The topological polar surface area (TPSA) is 53.8 Å². The highest BCUT2D eigenvalue weighted by atomic mass is 32.2. The van der Waals surface area contributed by atoms with E-state index < -0.39 is 11.7 Å². The van der Waals surface area contributed by atoms with Gasteiger partial charge in [0.05, 0.1) is 17.5 Å². The van der Waals surface area contributed by atoms with Crippen molar-refractivity contribution < 1.29 is 18.0 Å². The third-order valence-corrected chi connectivity index (χ3v) is 3.37. The van der Waals surface area contributed by atoms with Crippen LogP contribution >= 0.6 is 11.8 Å². The number of hydrogen-bond donors (Lipinski definition) is 1. The van der Waals surface area contributed by atoms with E-state index in [1.807, 2.05) is 0 Å². The van der Waals surface area contributed by atoms with E-state index in [4.69, 9.17) is 0 Å². The third kappa shape index (κ3) is 3.60. The maximum atomic E-state index is 12.7. The second kappa shape index (κ2) is 5.66. The molecular formula is C12H10F3N3OS. The first-order valence-electron chi connectivity index (χ1n) is 5.58. The molecule has 0 unspecified atom stereocenters. The molecule has 0 spiro atoms. The van der Waals surface area contributed by atoms with Gasteiger partial charge in [0, 0.05) is 0 Å². The summed E-state index contributed by atoms with van der Waals surface area (Å²) in [6.45, 7) is 1.40. The lowest BCUT2D eigenvalue weighted by Crippen LogP contribution is -2.19. The van der Waals surface area contributed by atoms with Crippen molar-refractivity contribution in [2.24, 2.45) is 10.2 Å². The van der Waals surface area contributed by atoms with Crippen molar-refractivity contribution in [3.05, 3.63) is 34.9 Å². The molecule has 0 bridgehead atoms. The van der Waals surface area contributed by atoms with E-state index in [-0.39, 0.29) is 17.2 Å². The Bertz CT molecular complexity index is 596. The van der Waals surface area contributed by atoms with Crippen LogP contribution in [-0.2, 0) is 11.0 Å². The lowest BCUT2D eigenvalue weighted by atomic mass is 10.1. The second-order valence-corrected chi connectivity index (χ2v) is 5.02. The molecule has 20 heavy (non-hydrogen) atoms. The zero-order valence-corrected chi connectivity index (χ0v) is 11.2. The Morgan fingerprint density at radius 3 is 2.75 bits per heavy atom. The normalized spacial score (nSPS) is 18.0. The van der Waals surface area contributed by atoms with Gasteiger partial charge in [0.2, 0.25) is 5.91 Å². The second-order valence-electron chi connectivity index (χ2n) is 4.06. The maximum Gasteiger partial charge on any atom is 0.416 e. The van der Waals surface area contributed by atoms with Gasteiger partial charge in [-0.15, -0.1) is 5.10 Å². The molecule has 1 fully saturated rings. The molecule has 1 aromatic carbocycles. The average Bonchev–Trinajstić information content (AvgIpc) is 2.76. The molecule has 1 amide bonds. The predicted molar refractivity (Wildman–Crippen MR) is 71.8 cm³/mol. The largest absolute Gasteiger partial charge is 0.416 e. The number of carbonyl (C=O) groups excluding carboxylic acids is 1. The van der Waals surface area contributed by atoms with Crippen LogP contribution in [0.5, 0.6) is 0 Å². The Morgan fingerprint density at radius 1 is 1.40 bits per heavy atom. The fourth-order valence-corrected chi connectivity index (χ4v) is 2.18. The number of alkyl halides is 3. The zero-order valence-electron chi connectivity index (χ0n) is 10.4. The van der Waals surface area contributed by atoms with E-state index >= 15 is 0 Å². The standard InChI is InChI=1S/C12H10F3N3OS/c1-7-2-3-8(4-9(7)12(13,14)15)5-16-18-11-17-10(19)6-20-11/h2-5H,6H2,1H3,(H,17,18,19). The number of nitrogens with one attached hydrogen (secondary N) is 1. The fourth-order valence-electron chi connectivity index (χ4n) is 1.55. The number of hydrogen-bond acceptors (Lipinski definition) is 4. The summed E-state index contributed by atoms with van der Waals surface area (Å²) in [5.41, 5.74) is -0.251. The van der Waals surface area contributed by atoms with Gasteiger partial charge in [-0.25, -0.2) is 0 Å². The van der Waals surface area contributed by atoms with Crippen molar-refractivity contribution in [3.63, 3.8) is 0 Å². The fraction of sp³-hybridized carbons (Fsp3) is 0.250. The third-order valence-electron chi connectivity index (χ3n) is 2.51. The van der Waals surface area contributed by atoms with Crippen molar-refractivity contribution in [2.75, 3.05) is 5.75 Å². The first-order chi connectivity index (χ1) is 9.36. The minimum absolute atomic E-state index is 0.152. The van der Waals surface area contributed by atoms with Gasteiger partial charge < -0.3 is 5.32 Å². The Morgan fingerprint density at radius 2 is 2.15 bits per heavy atom. The lowest BCUT2D eigenvalue weighted by molar-refractivity contribution is -0.138. The van der Waals surface area contributed by atoms with E-state index in [9.17, 15) is 18.0 Å². The molecule has 1 aliphatic heterocycles. The highest BCUT2D eigenvalue weighted by molar-refractivity contribution is 8.15. The van der Waals surface area contributed by atoms with E-state index in [0.29, 0.717) is 10.7 Å². The summed E-state index contributed by atoms with van der Waals surface area (Å²) >= 11 is 1.19. The molecule has 0 saturated carbocycles. The Hall–Kier alpha value is -1.83. The van der Waals surface area contributed by atoms with Gasteiger partial charge in [-0.05, 0) is 24.1 Å². The molecule has 1 saturated heterocycles. The summed E-state index contributed by atoms with van der Waals surface area (Å²) in [4.78, 5) is 10.9. The van der Waals surface area contributed by atoms with Crippen molar-refractivity contribution in [1.82, 2.24) is 5.32 Å². The SMILES string of the molecule is Cc1ccc(C=NN=C2NC(=O)CS2)cc1C(F)(F)F. The van der Waals surface area contributed by atoms with Crippen molar-refractivity contribution in [1.29, 1.82) is 0 Å². The number of halogens is 3. The van der Waals surface area contributed by atoms with Gasteiger partial charge in [0.1, 0.15) is 0 Å². The van der Waals surface area contributed by atoms with Gasteiger partial charge in [0.15, 0.2) is 5.17 Å². The Balaban J connectivity index is 2.16. The van der Waals surface area contributed by atoms with Crippen molar-refractivity contribution in [3.8, 4) is 0 Å². The Labute approximate surface area is 117 Å². The molecule has 2 rings (SSSR count). The van der Waals surface area contributed by atoms with Crippen LogP contribution in [0.4, 0.5) is 13.2 Å². The summed E-state index contributed by atoms with van der Waals surface area (Å²) in [6, 6.07) is 3.91. The van der Waals surface area contributed by atoms with Crippen LogP contribution < -0.4 is 5.32 Å². The lowest BCUT2D eigenvalue weighted by Gasteiger charge is -2.10. The number of thioether (sulfide) groups is 1. The number of carbonyl (C=O) groups is 1. The number of rotatable bonds is 2. The first-order valence-corrected chi connectivity index (χ1v) is 6.56. The molecule has 0 atom stereocenters. The van der Waals surface area contributed by atoms with Gasteiger partial charge in [-0.3, -0.25) is 4.79 Å². The van der Waals surface area contributed by atoms with Crippen molar-refractivity contribution in [2.45, 2.75) is 13.1 Å². The van der Waals surface area contributed by atoms with Crippen LogP contribution in [0, 0.1) is 6.92 Å². The highest BCUT2D eigenvalue weighted by Gasteiger charge is 2.32. The molecule has 1 N–H and O–H groups in total. The summed E-state index contributed by atoms with van der Waals surface area (Å²) in [5.74, 6) is 0.107. The number of aryl methyl sites for hydroxylation is 1. The van der Waals surface area contributed by atoms with Crippen LogP contribution in [0.2, 0.25) is 0 Å². The number of nitrogens with zero attached hydrogens (tertiary/aromatic N) is 2. The van der Waals surface area contributed by atoms with E-state index in [0.717, 1.165) is 6.07 Å². The predicted octanol–water partition coefficient (Wildman–Crippen LogP) is 2.57. The molecule has 1 aromatic rings. The highest BCUT2D eigenvalue weighted by Crippen LogP contribution is 2.32. The van der Waals surface area contributed by atoms with Crippen LogP contribution in [-0.4, -0.2) is 23.0 Å². The molecule has 0 aromatic heterocycles. The minimum Gasteiger partial charge on any atom is -0.303 e.